The first-order valence-corrected chi connectivity index (χ1v) is 7.35. The van der Waals surface area contributed by atoms with Crippen LogP contribution in [0.3, 0.4) is 0 Å². The zero-order valence-corrected chi connectivity index (χ0v) is 12.9. The third-order valence-electron chi connectivity index (χ3n) is 3.81. The maximum Gasteiger partial charge on any atom is 0.233 e. The molecule has 2 aliphatic rings. The van der Waals surface area contributed by atoms with Crippen molar-refractivity contribution in [1.82, 2.24) is 0 Å². The van der Waals surface area contributed by atoms with Gasteiger partial charge in [0.25, 0.3) is 0 Å². The van der Waals surface area contributed by atoms with E-state index in [1.54, 1.807) is 18.2 Å². The number of rotatable bonds is 1. The number of hydrogen-bond donors (Lipinski definition) is 6. The average molecular weight is 354 g/mol. The van der Waals surface area contributed by atoms with Gasteiger partial charge in [-0.05, 0) is 0 Å². The van der Waals surface area contributed by atoms with Gasteiger partial charge in [0.05, 0.1) is 6.61 Å². The van der Waals surface area contributed by atoms with Gasteiger partial charge in [0.1, 0.15) is 30.2 Å². The highest BCUT2D eigenvalue weighted by Crippen LogP contribution is 2.22. The smallest absolute Gasteiger partial charge is 0.233 e. The SMILES string of the molecule is O=C1C=C(O)c2ccccc2C1=O.OC[C@H]1O[C@@H](O)[C@H](O)[C@@H](O)[C@@H]1O. The van der Waals surface area contributed by atoms with Gasteiger partial charge in [-0.15, -0.1) is 0 Å². The van der Waals surface area contributed by atoms with Crippen molar-refractivity contribution < 1.29 is 45.0 Å². The summed E-state index contributed by atoms with van der Waals surface area (Å²) < 4.78 is 4.58. The molecular formula is C16H18O9. The molecule has 5 atom stereocenters. The van der Waals surface area contributed by atoms with Gasteiger partial charge in [0.15, 0.2) is 6.29 Å². The van der Waals surface area contributed by atoms with E-state index in [9.17, 15) is 14.7 Å². The summed E-state index contributed by atoms with van der Waals surface area (Å²) in [5.74, 6) is -1.37. The minimum atomic E-state index is -1.57. The number of allylic oxidation sites excluding steroid dienone is 1. The molecule has 0 amide bonds. The van der Waals surface area contributed by atoms with Crippen LogP contribution in [0.4, 0.5) is 0 Å². The van der Waals surface area contributed by atoms with Crippen LogP contribution in [0.15, 0.2) is 30.3 Å². The lowest BCUT2D eigenvalue weighted by atomic mass is 9.94. The highest BCUT2D eigenvalue weighted by atomic mass is 16.6. The molecule has 9 heteroatoms. The van der Waals surface area contributed by atoms with Crippen molar-refractivity contribution in [2.75, 3.05) is 6.61 Å². The predicted octanol–water partition coefficient (Wildman–Crippen LogP) is -1.87. The van der Waals surface area contributed by atoms with Gasteiger partial charge < -0.3 is 35.4 Å². The summed E-state index contributed by atoms with van der Waals surface area (Å²) in [7, 11) is 0. The van der Waals surface area contributed by atoms with Crippen molar-refractivity contribution in [2.24, 2.45) is 0 Å². The Kier molecular flexibility index (Phi) is 6.01. The maximum absolute atomic E-state index is 11.3. The number of benzene rings is 1. The highest BCUT2D eigenvalue weighted by molar-refractivity contribution is 6.50. The summed E-state index contributed by atoms with van der Waals surface area (Å²) in [5, 5.41) is 54.0. The van der Waals surface area contributed by atoms with Crippen molar-refractivity contribution in [2.45, 2.75) is 30.7 Å². The summed E-state index contributed by atoms with van der Waals surface area (Å²) in [6.07, 6.45) is -6.09. The number of carbonyl (C=O) groups is 2. The van der Waals surface area contributed by atoms with Crippen LogP contribution in [0.1, 0.15) is 15.9 Å². The highest BCUT2D eigenvalue weighted by Gasteiger charge is 2.42. The molecule has 3 rings (SSSR count). The molecule has 1 aromatic carbocycles. The van der Waals surface area contributed by atoms with Crippen LogP contribution in [-0.4, -0.2) is 79.5 Å². The second-order valence-electron chi connectivity index (χ2n) is 5.49. The third-order valence-corrected chi connectivity index (χ3v) is 3.81. The average Bonchev–Trinajstić information content (AvgIpc) is 2.61. The number of ether oxygens (including phenoxy) is 1. The van der Waals surface area contributed by atoms with Gasteiger partial charge in [-0.1, -0.05) is 24.3 Å². The fraction of sp³-hybridized carbons (Fsp3) is 0.375. The molecular weight excluding hydrogens is 336 g/mol. The van der Waals surface area contributed by atoms with Crippen LogP contribution in [0.2, 0.25) is 0 Å². The number of carbonyl (C=O) groups excluding carboxylic acids is 2. The Balaban J connectivity index is 0.000000181. The summed E-state index contributed by atoms with van der Waals surface area (Å²) in [4.78, 5) is 22.2. The first-order chi connectivity index (χ1) is 11.8. The Hall–Kier alpha value is -2.14. The van der Waals surface area contributed by atoms with Crippen LogP contribution in [0, 0.1) is 0 Å². The van der Waals surface area contributed by atoms with Gasteiger partial charge >= 0.3 is 0 Å². The topological polar surface area (TPSA) is 165 Å². The van der Waals surface area contributed by atoms with E-state index >= 15 is 0 Å². The predicted molar refractivity (Wildman–Crippen MR) is 82.4 cm³/mol. The zero-order valence-electron chi connectivity index (χ0n) is 12.9. The molecule has 0 unspecified atom stereocenters. The van der Waals surface area contributed by atoms with Gasteiger partial charge in [-0.3, -0.25) is 9.59 Å². The summed E-state index contributed by atoms with van der Waals surface area (Å²) in [5.41, 5.74) is 0.694. The van der Waals surface area contributed by atoms with Crippen LogP contribution >= 0.6 is 0 Å². The molecule has 1 saturated heterocycles. The van der Waals surface area contributed by atoms with E-state index in [0.717, 1.165) is 6.08 Å². The number of fused-ring (bicyclic) bond motifs is 1. The normalized spacial score (nSPS) is 31.6. The molecule has 1 heterocycles. The van der Waals surface area contributed by atoms with E-state index in [1.165, 1.54) is 6.07 Å². The number of Topliss-reactive ketones (excluding diaryl/α,β-unsaturated/α-hetero) is 1. The fourth-order valence-corrected chi connectivity index (χ4v) is 2.39. The molecule has 0 bridgehead atoms. The van der Waals surface area contributed by atoms with Crippen LogP contribution in [0.5, 0.6) is 0 Å². The first kappa shape index (κ1) is 19.2. The van der Waals surface area contributed by atoms with Crippen molar-refractivity contribution in [1.29, 1.82) is 0 Å². The van der Waals surface area contributed by atoms with Crippen LogP contribution < -0.4 is 0 Å². The lowest BCUT2D eigenvalue weighted by Crippen LogP contribution is -2.58. The molecule has 1 aromatic rings. The van der Waals surface area contributed by atoms with E-state index in [0.29, 0.717) is 5.56 Å². The van der Waals surface area contributed by atoms with E-state index in [4.69, 9.17) is 25.5 Å². The van der Waals surface area contributed by atoms with Crippen LogP contribution in [-0.2, 0) is 9.53 Å². The molecule has 0 saturated carbocycles. The molecule has 0 radical (unpaired) electrons. The number of aliphatic hydroxyl groups is 6. The van der Waals surface area contributed by atoms with E-state index in [-0.39, 0.29) is 11.3 Å². The summed E-state index contributed by atoms with van der Waals surface area (Å²) in [6, 6.07) is 6.48. The van der Waals surface area contributed by atoms with Crippen LogP contribution in [0.25, 0.3) is 5.76 Å². The molecule has 1 aliphatic heterocycles. The first-order valence-electron chi connectivity index (χ1n) is 7.35. The van der Waals surface area contributed by atoms with Gasteiger partial charge in [-0.2, -0.15) is 0 Å². The fourth-order valence-electron chi connectivity index (χ4n) is 2.39. The molecule has 0 aromatic heterocycles. The molecule has 136 valence electrons. The van der Waals surface area contributed by atoms with E-state index in [1.807, 2.05) is 0 Å². The summed E-state index contributed by atoms with van der Waals surface area (Å²) >= 11 is 0. The van der Waals surface area contributed by atoms with E-state index < -0.39 is 48.9 Å². The standard InChI is InChI=1S/C10H6O3.C6H12O6/c11-8-5-9(12)10(13)7-4-2-1-3-6(7)8;7-1-2-3(8)4(9)5(10)6(11)12-2/h1-5,11H;2-11H,1H2/t;2-,3-,4+,5-,6-/m.1/s1. The Bertz CT molecular complexity index is 679. The second kappa shape index (κ2) is 7.83. The zero-order chi connectivity index (χ0) is 18.7. The Labute approximate surface area is 142 Å². The number of aliphatic hydroxyl groups excluding tert-OH is 6. The lowest BCUT2D eigenvalue weighted by molar-refractivity contribution is -0.286. The van der Waals surface area contributed by atoms with Crippen molar-refractivity contribution in [3.63, 3.8) is 0 Å². The molecule has 0 spiro atoms. The molecule has 9 nitrogen and oxygen atoms in total. The third kappa shape index (κ3) is 3.93. The maximum atomic E-state index is 11.3. The Morgan fingerprint density at radius 2 is 1.52 bits per heavy atom. The molecule has 1 fully saturated rings. The molecule has 1 aliphatic carbocycles. The quantitative estimate of drug-likeness (QED) is 0.317. The van der Waals surface area contributed by atoms with Crippen molar-refractivity contribution in [3.05, 3.63) is 41.5 Å². The van der Waals surface area contributed by atoms with Crippen molar-refractivity contribution in [3.8, 4) is 0 Å². The van der Waals surface area contributed by atoms with Gasteiger partial charge in [-0.25, -0.2) is 0 Å². The Morgan fingerprint density at radius 1 is 0.920 bits per heavy atom. The number of hydrogen-bond acceptors (Lipinski definition) is 9. The number of ketones is 2. The lowest BCUT2D eigenvalue weighted by Gasteiger charge is -2.37. The van der Waals surface area contributed by atoms with Crippen molar-refractivity contribution >= 4 is 17.3 Å². The van der Waals surface area contributed by atoms with E-state index in [2.05, 4.69) is 4.74 Å². The Morgan fingerprint density at radius 3 is 2.12 bits per heavy atom. The minimum Gasteiger partial charge on any atom is -0.507 e. The largest absolute Gasteiger partial charge is 0.507 e. The van der Waals surface area contributed by atoms with Gasteiger partial charge in [0, 0.05) is 17.2 Å². The minimum absolute atomic E-state index is 0.139. The molecule has 6 N–H and O–H groups in total. The summed E-state index contributed by atoms with van der Waals surface area (Å²) in [6.45, 7) is -0.526. The van der Waals surface area contributed by atoms with Gasteiger partial charge in [0.2, 0.25) is 11.6 Å². The second-order valence-corrected chi connectivity index (χ2v) is 5.49. The molecule has 25 heavy (non-hydrogen) atoms. The monoisotopic (exact) mass is 354 g/mol.